The first-order chi connectivity index (χ1) is 10.2. The molecule has 0 amide bonds. The summed E-state index contributed by atoms with van der Waals surface area (Å²) in [4.78, 5) is 0.217. The Balaban J connectivity index is 2.51. The molecule has 1 unspecified atom stereocenters. The zero-order valence-electron chi connectivity index (χ0n) is 12.3. The van der Waals surface area contributed by atoms with E-state index >= 15 is 0 Å². The van der Waals surface area contributed by atoms with E-state index in [0.717, 1.165) is 22.0 Å². The average molecular weight is 373 g/mol. The van der Waals surface area contributed by atoms with Crippen molar-refractivity contribution in [2.75, 3.05) is 21.3 Å². The van der Waals surface area contributed by atoms with Gasteiger partial charge in [-0.05, 0) is 18.6 Å². The second-order valence-electron chi connectivity index (χ2n) is 4.20. The quantitative estimate of drug-likeness (QED) is 0.715. The highest BCUT2D eigenvalue weighted by Crippen LogP contribution is 2.45. The van der Waals surface area contributed by atoms with E-state index in [9.17, 15) is 0 Å². The van der Waals surface area contributed by atoms with Gasteiger partial charge in [0.15, 0.2) is 16.5 Å². The minimum atomic E-state index is 0.217. The Kier molecular flexibility index (Phi) is 5.41. The van der Waals surface area contributed by atoms with Crippen molar-refractivity contribution in [3.8, 4) is 27.8 Å². The number of rotatable bonds is 6. The summed E-state index contributed by atoms with van der Waals surface area (Å²) in [6.07, 6.45) is 0.956. The molecule has 2 aromatic rings. The Labute approximate surface area is 136 Å². The van der Waals surface area contributed by atoms with Gasteiger partial charge in [0.25, 0.3) is 0 Å². The first-order valence-corrected chi connectivity index (χ1v) is 8.16. The van der Waals surface area contributed by atoms with Crippen LogP contribution in [0.4, 0.5) is 0 Å². The summed E-state index contributed by atoms with van der Waals surface area (Å²) in [6, 6.07) is 3.74. The Morgan fingerprint density at radius 1 is 1.10 bits per heavy atom. The van der Waals surface area contributed by atoms with Crippen LogP contribution in [0.1, 0.15) is 23.2 Å². The number of hydrogen-bond donors (Lipinski definition) is 0. The van der Waals surface area contributed by atoms with E-state index in [0.29, 0.717) is 17.2 Å². The molecule has 0 saturated carbocycles. The van der Waals surface area contributed by atoms with Crippen molar-refractivity contribution >= 4 is 27.3 Å². The molecule has 0 fully saturated rings. The van der Waals surface area contributed by atoms with Crippen molar-refractivity contribution in [3.63, 3.8) is 0 Å². The van der Waals surface area contributed by atoms with Crippen molar-refractivity contribution in [2.45, 2.75) is 18.2 Å². The largest absolute Gasteiger partial charge is 0.493 e. The summed E-state index contributed by atoms with van der Waals surface area (Å²) in [5, 5.41) is 10.2. The Morgan fingerprint density at radius 3 is 2.38 bits per heavy atom. The lowest BCUT2D eigenvalue weighted by Crippen LogP contribution is -1.96. The Bertz CT molecular complexity index is 618. The zero-order valence-corrected chi connectivity index (χ0v) is 14.7. The summed E-state index contributed by atoms with van der Waals surface area (Å²) in [6.45, 7) is 2.09. The summed E-state index contributed by atoms with van der Waals surface area (Å²) in [5.41, 5.74) is 0.842. The maximum Gasteiger partial charge on any atom is 0.204 e. The fraction of sp³-hybridized carbons (Fsp3) is 0.429. The Hall–Kier alpha value is -1.34. The molecule has 0 radical (unpaired) electrons. The minimum absolute atomic E-state index is 0.217. The lowest BCUT2D eigenvalue weighted by molar-refractivity contribution is 0.325. The first kappa shape index (κ1) is 16.0. The van der Waals surface area contributed by atoms with Gasteiger partial charge in [0.1, 0.15) is 5.01 Å². The summed E-state index contributed by atoms with van der Waals surface area (Å²) >= 11 is 5.12. The number of hydrogen-bond acceptors (Lipinski definition) is 6. The van der Waals surface area contributed by atoms with Crippen LogP contribution < -0.4 is 14.2 Å². The molecule has 0 aliphatic heterocycles. The monoisotopic (exact) mass is 372 g/mol. The van der Waals surface area contributed by atoms with E-state index in [-0.39, 0.29) is 4.83 Å². The van der Waals surface area contributed by atoms with Gasteiger partial charge in [-0.15, -0.1) is 10.2 Å². The van der Waals surface area contributed by atoms with E-state index in [1.54, 1.807) is 21.3 Å². The van der Waals surface area contributed by atoms with Crippen LogP contribution in [0, 0.1) is 0 Å². The molecule has 21 heavy (non-hydrogen) atoms. The molecular weight excluding hydrogens is 356 g/mol. The first-order valence-electron chi connectivity index (χ1n) is 6.43. The minimum Gasteiger partial charge on any atom is -0.493 e. The fourth-order valence-corrected chi connectivity index (χ4v) is 3.21. The lowest BCUT2D eigenvalue weighted by atomic mass is 10.2. The van der Waals surface area contributed by atoms with Gasteiger partial charge in [-0.25, -0.2) is 0 Å². The summed E-state index contributed by atoms with van der Waals surface area (Å²) < 4.78 is 16.2. The van der Waals surface area contributed by atoms with Crippen LogP contribution in [-0.2, 0) is 0 Å². The molecule has 1 aromatic heterocycles. The van der Waals surface area contributed by atoms with Crippen LogP contribution >= 0.6 is 27.3 Å². The molecule has 1 aromatic carbocycles. The molecule has 0 spiro atoms. The lowest BCUT2D eigenvalue weighted by Gasteiger charge is -2.14. The molecular formula is C14H17BrN2O3S. The van der Waals surface area contributed by atoms with Crippen LogP contribution in [0.15, 0.2) is 12.1 Å². The Morgan fingerprint density at radius 2 is 1.81 bits per heavy atom. The van der Waals surface area contributed by atoms with E-state index in [1.807, 2.05) is 12.1 Å². The van der Waals surface area contributed by atoms with Crippen molar-refractivity contribution < 1.29 is 14.2 Å². The molecule has 1 atom stereocenters. The highest BCUT2D eigenvalue weighted by Gasteiger charge is 2.20. The normalized spacial score (nSPS) is 12.0. The molecule has 0 aliphatic rings. The predicted molar refractivity (Wildman–Crippen MR) is 87.0 cm³/mol. The number of nitrogens with zero attached hydrogens (tertiary/aromatic N) is 2. The van der Waals surface area contributed by atoms with Crippen LogP contribution in [0.2, 0.25) is 0 Å². The van der Waals surface area contributed by atoms with Gasteiger partial charge < -0.3 is 14.2 Å². The molecule has 1 heterocycles. The van der Waals surface area contributed by atoms with Crippen LogP contribution in [0.3, 0.4) is 0 Å². The van der Waals surface area contributed by atoms with Crippen molar-refractivity contribution in [3.05, 3.63) is 17.1 Å². The standard InChI is InChI=1S/C14H17BrN2O3S/c1-5-9(15)14-17-16-13(21-14)8-6-7-10(18-2)12(20-4)11(8)19-3/h6-7,9H,5H2,1-4H3. The average Bonchev–Trinajstić information content (AvgIpc) is 3.02. The topological polar surface area (TPSA) is 53.5 Å². The smallest absolute Gasteiger partial charge is 0.204 e. The molecule has 5 nitrogen and oxygen atoms in total. The summed E-state index contributed by atoms with van der Waals surface area (Å²) in [7, 11) is 4.78. The van der Waals surface area contributed by atoms with Crippen molar-refractivity contribution in [2.24, 2.45) is 0 Å². The summed E-state index contributed by atoms with van der Waals surface area (Å²) in [5.74, 6) is 1.78. The van der Waals surface area contributed by atoms with E-state index in [4.69, 9.17) is 14.2 Å². The number of benzene rings is 1. The molecule has 0 bridgehead atoms. The van der Waals surface area contributed by atoms with Crippen LogP contribution in [0.5, 0.6) is 17.2 Å². The van der Waals surface area contributed by atoms with Crippen molar-refractivity contribution in [1.82, 2.24) is 10.2 Å². The molecule has 2 rings (SSSR count). The molecule has 7 heteroatoms. The number of halogens is 1. The number of aromatic nitrogens is 2. The van der Waals surface area contributed by atoms with Gasteiger partial charge in [0.05, 0.1) is 31.7 Å². The zero-order chi connectivity index (χ0) is 15.4. The predicted octanol–water partition coefficient (Wildman–Crippen LogP) is 4.08. The van der Waals surface area contributed by atoms with Gasteiger partial charge in [-0.1, -0.05) is 34.2 Å². The number of alkyl halides is 1. The van der Waals surface area contributed by atoms with E-state index in [1.165, 1.54) is 11.3 Å². The van der Waals surface area contributed by atoms with E-state index in [2.05, 4.69) is 33.1 Å². The maximum atomic E-state index is 5.48. The highest BCUT2D eigenvalue weighted by atomic mass is 79.9. The van der Waals surface area contributed by atoms with Crippen molar-refractivity contribution in [1.29, 1.82) is 0 Å². The molecule has 0 saturated heterocycles. The number of ether oxygens (including phenoxy) is 3. The highest BCUT2D eigenvalue weighted by molar-refractivity contribution is 9.09. The van der Waals surface area contributed by atoms with Gasteiger partial charge in [0.2, 0.25) is 5.75 Å². The van der Waals surface area contributed by atoms with Crippen LogP contribution in [0.25, 0.3) is 10.6 Å². The van der Waals surface area contributed by atoms with Gasteiger partial charge in [-0.2, -0.15) is 0 Å². The fourth-order valence-electron chi connectivity index (χ4n) is 1.91. The number of methoxy groups -OCH3 is 3. The van der Waals surface area contributed by atoms with Gasteiger partial charge >= 0.3 is 0 Å². The SMILES string of the molecule is CCC(Br)c1nnc(-c2ccc(OC)c(OC)c2OC)s1. The third-order valence-corrected chi connectivity index (χ3v) is 5.46. The van der Waals surface area contributed by atoms with Crippen LogP contribution in [-0.4, -0.2) is 31.5 Å². The molecule has 0 aliphatic carbocycles. The second-order valence-corrected chi connectivity index (χ2v) is 6.32. The third kappa shape index (κ3) is 3.13. The third-order valence-electron chi connectivity index (χ3n) is 3.00. The molecule has 114 valence electrons. The van der Waals surface area contributed by atoms with Gasteiger partial charge in [-0.3, -0.25) is 0 Å². The molecule has 0 N–H and O–H groups in total. The van der Waals surface area contributed by atoms with E-state index < -0.39 is 0 Å². The van der Waals surface area contributed by atoms with Gasteiger partial charge in [0, 0.05) is 0 Å². The maximum absolute atomic E-state index is 5.48. The second kappa shape index (κ2) is 7.09.